The van der Waals surface area contributed by atoms with E-state index in [1.807, 2.05) is 37.3 Å². The van der Waals surface area contributed by atoms with E-state index in [0.717, 1.165) is 5.69 Å². The summed E-state index contributed by atoms with van der Waals surface area (Å²) in [7, 11) is 1.75. The number of nitro groups is 1. The van der Waals surface area contributed by atoms with E-state index >= 15 is 0 Å². The van der Waals surface area contributed by atoms with Gasteiger partial charge in [0.2, 0.25) is 11.8 Å². The number of anilines is 3. The third kappa shape index (κ3) is 3.07. The first-order chi connectivity index (χ1) is 10.0. The van der Waals surface area contributed by atoms with Gasteiger partial charge in [0.05, 0.1) is 4.92 Å². The maximum atomic E-state index is 11.3. The highest BCUT2D eigenvalue weighted by Crippen LogP contribution is 2.33. The van der Waals surface area contributed by atoms with Gasteiger partial charge < -0.3 is 10.2 Å². The fraction of sp³-hybridized carbons (Fsp3) is 0.286. The number of benzene rings is 1. The second-order valence-corrected chi connectivity index (χ2v) is 4.49. The van der Waals surface area contributed by atoms with Gasteiger partial charge in [-0.2, -0.15) is 4.98 Å². The second-order valence-electron chi connectivity index (χ2n) is 4.49. The number of aromatic nitrogens is 2. The van der Waals surface area contributed by atoms with Crippen molar-refractivity contribution in [2.75, 3.05) is 23.8 Å². The Morgan fingerprint density at radius 2 is 1.95 bits per heavy atom. The van der Waals surface area contributed by atoms with Crippen LogP contribution in [-0.2, 0) is 0 Å². The average Bonchev–Trinajstić information content (AvgIpc) is 2.46. The lowest BCUT2D eigenvalue weighted by molar-refractivity contribution is -0.385. The zero-order valence-corrected chi connectivity index (χ0v) is 12.2. The highest BCUT2D eigenvalue weighted by Gasteiger charge is 2.25. The van der Waals surface area contributed by atoms with Crippen LogP contribution in [0.4, 0.5) is 23.1 Å². The zero-order valence-electron chi connectivity index (χ0n) is 12.2. The summed E-state index contributed by atoms with van der Waals surface area (Å²) in [5, 5.41) is 14.3. The molecule has 1 heterocycles. The van der Waals surface area contributed by atoms with E-state index in [9.17, 15) is 10.1 Å². The summed E-state index contributed by atoms with van der Waals surface area (Å²) < 4.78 is 0. The fourth-order valence-corrected chi connectivity index (χ4v) is 2.01. The topological polar surface area (TPSA) is 84.2 Å². The quantitative estimate of drug-likeness (QED) is 0.672. The van der Waals surface area contributed by atoms with E-state index in [-0.39, 0.29) is 11.5 Å². The van der Waals surface area contributed by atoms with E-state index in [4.69, 9.17) is 0 Å². The van der Waals surface area contributed by atoms with Crippen LogP contribution in [0.5, 0.6) is 0 Å². The summed E-state index contributed by atoms with van der Waals surface area (Å²) in [6, 6.07) is 9.37. The molecule has 0 aliphatic carbocycles. The molecule has 1 N–H and O–H groups in total. The molecule has 0 atom stereocenters. The molecule has 0 radical (unpaired) electrons. The number of hydrogen-bond donors (Lipinski definition) is 1. The molecule has 21 heavy (non-hydrogen) atoms. The highest BCUT2D eigenvalue weighted by atomic mass is 16.6. The second kappa shape index (κ2) is 6.17. The van der Waals surface area contributed by atoms with Crippen LogP contribution >= 0.6 is 0 Å². The van der Waals surface area contributed by atoms with Crippen molar-refractivity contribution < 1.29 is 4.92 Å². The average molecular weight is 287 g/mol. The van der Waals surface area contributed by atoms with Crippen molar-refractivity contribution in [3.63, 3.8) is 0 Å². The monoisotopic (exact) mass is 287 g/mol. The summed E-state index contributed by atoms with van der Waals surface area (Å²) in [6.07, 6.45) is 0. The summed E-state index contributed by atoms with van der Waals surface area (Å²) in [5.41, 5.74) is 1.08. The first-order valence-electron chi connectivity index (χ1n) is 6.60. The van der Waals surface area contributed by atoms with Crippen molar-refractivity contribution in [1.82, 2.24) is 9.97 Å². The molecule has 0 unspecified atom stereocenters. The Labute approximate surface area is 122 Å². The van der Waals surface area contributed by atoms with Gasteiger partial charge in [-0.15, -0.1) is 0 Å². The van der Waals surface area contributed by atoms with Gasteiger partial charge in [-0.1, -0.05) is 18.2 Å². The minimum atomic E-state index is -0.445. The van der Waals surface area contributed by atoms with Gasteiger partial charge in [-0.25, -0.2) is 4.98 Å². The van der Waals surface area contributed by atoms with Crippen LogP contribution in [0.2, 0.25) is 0 Å². The SMILES string of the molecule is CCNc1nc(C)c([N+](=O)[O-])c(N(C)c2ccccc2)n1. The van der Waals surface area contributed by atoms with Gasteiger partial charge in [-0.3, -0.25) is 10.1 Å². The van der Waals surface area contributed by atoms with Crippen LogP contribution in [-0.4, -0.2) is 28.5 Å². The van der Waals surface area contributed by atoms with Crippen molar-refractivity contribution in [3.05, 3.63) is 46.1 Å². The minimum absolute atomic E-state index is 0.0805. The molecule has 7 nitrogen and oxygen atoms in total. The van der Waals surface area contributed by atoms with Crippen molar-refractivity contribution in [2.24, 2.45) is 0 Å². The molecule has 0 amide bonds. The van der Waals surface area contributed by atoms with E-state index in [2.05, 4.69) is 15.3 Å². The first kappa shape index (κ1) is 14.7. The van der Waals surface area contributed by atoms with Crippen molar-refractivity contribution >= 4 is 23.1 Å². The summed E-state index contributed by atoms with van der Waals surface area (Å²) >= 11 is 0. The molecule has 2 aromatic rings. The van der Waals surface area contributed by atoms with Gasteiger partial charge in [-0.05, 0) is 26.0 Å². The number of aryl methyl sites for hydroxylation is 1. The third-order valence-electron chi connectivity index (χ3n) is 3.02. The number of hydrogen-bond acceptors (Lipinski definition) is 6. The molecular formula is C14H17N5O2. The lowest BCUT2D eigenvalue weighted by Crippen LogP contribution is -2.16. The van der Waals surface area contributed by atoms with Crippen LogP contribution in [0.3, 0.4) is 0 Å². The van der Waals surface area contributed by atoms with Gasteiger partial charge >= 0.3 is 5.69 Å². The van der Waals surface area contributed by atoms with Gasteiger partial charge in [0.1, 0.15) is 5.69 Å². The van der Waals surface area contributed by atoms with Gasteiger partial charge in [0.25, 0.3) is 0 Å². The Kier molecular flexibility index (Phi) is 4.32. The number of nitrogens with one attached hydrogen (secondary N) is 1. The lowest BCUT2D eigenvalue weighted by Gasteiger charge is -2.19. The molecule has 0 aliphatic rings. The Hall–Kier alpha value is -2.70. The number of nitrogens with zero attached hydrogens (tertiary/aromatic N) is 4. The third-order valence-corrected chi connectivity index (χ3v) is 3.02. The van der Waals surface area contributed by atoms with E-state index < -0.39 is 4.92 Å². The molecule has 1 aromatic heterocycles. The molecule has 0 aliphatic heterocycles. The molecular weight excluding hydrogens is 270 g/mol. The van der Waals surface area contributed by atoms with Gasteiger partial charge in [0, 0.05) is 19.3 Å². The number of para-hydroxylation sites is 1. The zero-order chi connectivity index (χ0) is 15.4. The molecule has 0 saturated carbocycles. The predicted molar refractivity (Wildman–Crippen MR) is 82.1 cm³/mol. The highest BCUT2D eigenvalue weighted by molar-refractivity contribution is 5.70. The van der Waals surface area contributed by atoms with Crippen molar-refractivity contribution in [1.29, 1.82) is 0 Å². The van der Waals surface area contributed by atoms with Gasteiger partial charge in [0.15, 0.2) is 0 Å². The molecule has 1 aromatic carbocycles. The van der Waals surface area contributed by atoms with Crippen LogP contribution in [0.25, 0.3) is 0 Å². The molecule has 0 spiro atoms. The molecule has 0 fully saturated rings. The summed E-state index contributed by atoms with van der Waals surface area (Å²) in [4.78, 5) is 21.0. The Morgan fingerprint density at radius 1 is 1.29 bits per heavy atom. The smallest absolute Gasteiger partial charge is 0.333 e. The Bertz CT molecular complexity index is 645. The summed E-state index contributed by atoms with van der Waals surface area (Å²) in [5.74, 6) is 0.660. The standard InChI is InChI=1S/C14H17N5O2/c1-4-15-14-16-10(2)12(19(20)21)13(17-14)18(3)11-8-6-5-7-9-11/h5-9H,4H2,1-3H3,(H,15,16,17). The van der Waals surface area contributed by atoms with Crippen molar-refractivity contribution in [3.8, 4) is 0 Å². The lowest BCUT2D eigenvalue weighted by atomic mass is 10.2. The van der Waals surface area contributed by atoms with E-state index in [0.29, 0.717) is 18.2 Å². The maximum absolute atomic E-state index is 11.3. The molecule has 2 rings (SSSR count). The van der Waals surface area contributed by atoms with Crippen LogP contribution in [0, 0.1) is 17.0 Å². The van der Waals surface area contributed by atoms with Crippen molar-refractivity contribution in [2.45, 2.75) is 13.8 Å². The normalized spacial score (nSPS) is 10.2. The Balaban J connectivity index is 2.56. The largest absolute Gasteiger partial charge is 0.354 e. The predicted octanol–water partition coefficient (Wildman–Crippen LogP) is 2.89. The van der Waals surface area contributed by atoms with Crippen LogP contribution in [0.1, 0.15) is 12.6 Å². The first-order valence-corrected chi connectivity index (χ1v) is 6.60. The molecule has 0 bridgehead atoms. The number of rotatable bonds is 5. The molecule has 7 heteroatoms. The fourth-order valence-electron chi connectivity index (χ4n) is 2.01. The molecule has 0 saturated heterocycles. The van der Waals surface area contributed by atoms with Crippen LogP contribution in [0.15, 0.2) is 30.3 Å². The van der Waals surface area contributed by atoms with Crippen LogP contribution < -0.4 is 10.2 Å². The van der Waals surface area contributed by atoms with E-state index in [1.54, 1.807) is 18.9 Å². The Morgan fingerprint density at radius 3 is 2.52 bits per heavy atom. The van der Waals surface area contributed by atoms with E-state index in [1.165, 1.54) is 0 Å². The minimum Gasteiger partial charge on any atom is -0.354 e. The summed E-state index contributed by atoms with van der Waals surface area (Å²) in [6.45, 7) is 4.18. The molecule has 110 valence electrons. The maximum Gasteiger partial charge on any atom is 0.333 e.